The molecule has 1 aliphatic rings. The van der Waals surface area contributed by atoms with Crippen LogP contribution in [0.5, 0.6) is 0 Å². The Morgan fingerprint density at radius 2 is 2.38 bits per heavy atom. The molecule has 3 rings (SSSR count). The Bertz CT molecular complexity index is 499. The van der Waals surface area contributed by atoms with Crippen molar-refractivity contribution in [3.05, 3.63) is 24.3 Å². The lowest BCUT2D eigenvalue weighted by Gasteiger charge is -2.06. The highest BCUT2D eigenvalue weighted by atomic mass is 15.1. The van der Waals surface area contributed by atoms with E-state index in [0.717, 1.165) is 18.5 Å². The van der Waals surface area contributed by atoms with Crippen LogP contribution in [0.4, 0.5) is 0 Å². The summed E-state index contributed by atoms with van der Waals surface area (Å²) in [6, 6.07) is 2.75. The number of aromatic nitrogens is 3. The van der Waals surface area contributed by atoms with Gasteiger partial charge in [0.15, 0.2) is 0 Å². The average Bonchev–Trinajstić information content (AvgIpc) is 3.07. The summed E-state index contributed by atoms with van der Waals surface area (Å²) < 4.78 is 2.40. The molecule has 0 aliphatic heterocycles. The zero-order valence-electron chi connectivity index (χ0n) is 9.48. The number of fused-ring (bicyclic) bond motifs is 1. The first-order valence-electron chi connectivity index (χ1n) is 5.85. The summed E-state index contributed by atoms with van der Waals surface area (Å²) in [5.41, 5.74) is 2.27. The van der Waals surface area contributed by atoms with Gasteiger partial charge < -0.3 is 9.88 Å². The van der Waals surface area contributed by atoms with Crippen molar-refractivity contribution in [2.45, 2.75) is 25.3 Å². The van der Waals surface area contributed by atoms with E-state index in [1.54, 1.807) is 0 Å². The van der Waals surface area contributed by atoms with Gasteiger partial charge in [0.2, 0.25) is 0 Å². The van der Waals surface area contributed by atoms with E-state index in [9.17, 15) is 0 Å². The smallest absolute Gasteiger partial charge is 0.111 e. The largest absolute Gasteiger partial charge is 0.325 e. The Morgan fingerprint density at radius 3 is 3.12 bits per heavy atom. The van der Waals surface area contributed by atoms with Gasteiger partial charge in [-0.05, 0) is 26.0 Å². The molecule has 0 radical (unpaired) electrons. The number of rotatable bonds is 4. The van der Waals surface area contributed by atoms with E-state index < -0.39 is 0 Å². The third-order valence-corrected chi connectivity index (χ3v) is 3.08. The number of likely N-dealkylation sites (N-methyl/N-ethyl adjacent to an activating group) is 1. The maximum Gasteiger partial charge on any atom is 0.111 e. The van der Waals surface area contributed by atoms with Crippen LogP contribution in [0.15, 0.2) is 18.5 Å². The van der Waals surface area contributed by atoms with Gasteiger partial charge in [-0.2, -0.15) is 0 Å². The highest BCUT2D eigenvalue weighted by molar-refractivity contribution is 5.75. The van der Waals surface area contributed by atoms with Crippen molar-refractivity contribution < 1.29 is 0 Å². The second-order valence-electron chi connectivity index (χ2n) is 4.35. The minimum atomic E-state index is 0.680. The third-order valence-electron chi connectivity index (χ3n) is 3.08. The molecule has 0 aromatic carbocycles. The van der Waals surface area contributed by atoms with Gasteiger partial charge in [0.25, 0.3) is 0 Å². The van der Waals surface area contributed by atoms with Crippen LogP contribution < -0.4 is 5.32 Å². The summed E-state index contributed by atoms with van der Waals surface area (Å²) in [4.78, 5) is 8.81. The van der Waals surface area contributed by atoms with Crippen molar-refractivity contribution >= 4 is 11.0 Å². The third kappa shape index (κ3) is 1.59. The topological polar surface area (TPSA) is 42.7 Å². The van der Waals surface area contributed by atoms with Crippen LogP contribution in [-0.4, -0.2) is 28.1 Å². The molecule has 1 saturated carbocycles. The molecule has 0 amide bonds. The predicted molar refractivity (Wildman–Crippen MR) is 63.4 cm³/mol. The summed E-state index contributed by atoms with van der Waals surface area (Å²) in [5.74, 6) is 1.19. The van der Waals surface area contributed by atoms with E-state index in [1.165, 1.54) is 24.2 Å². The lowest BCUT2D eigenvalue weighted by molar-refractivity contribution is 0.670. The van der Waals surface area contributed by atoms with Crippen LogP contribution in [0, 0.1) is 0 Å². The van der Waals surface area contributed by atoms with Crippen molar-refractivity contribution in [3.63, 3.8) is 0 Å². The maximum atomic E-state index is 4.67. The minimum absolute atomic E-state index is 0.680. The standard InChI is InChI=1S/C12H16N4/c1-13-6-5-12-15-10-8-14-7-4-11(10)16(12)9-2-3-9/h4,7-9,13H,2-3,5-6H2,1H3. The average molecular weight is 216 g/mol. The fourth-order valence-corrected chi connectivity index (χ4v) is 2.15. The molecule has 4 heteroatoms. The molecule has 2 aromatic heterocycles. The zero-order chi connectivity index (χ0) is 11.0. The number of pyridine rings is 1. The van der Waals surface area contributed by atoms with Gasteiger partial charge in [0.05, 0.1) is 11.7 Å². The van der Waals surface area contributed by atoms with Crippen molar-refractivity contribution in [2.75, 3.05) is 13.6 Å². The van der Waals surface area contributed by atoms with Crippen LogP contribution in [0.3, 0.4) is 0 Å². The molecule has 1 aliphatic carbocycles. The summed E-state index contributed by atoms with van der Waals surface area (Å²) in [6.07, 6.45) is 7.28. The van der Waals surface area contributed by atoms with Gasteiger partial charge in [-0.25, -0.2) is 4.98 Å². The summed E-state index contributed by atoms with van der Waals surface area (Å²) in [5, 5.41) is 3.18. The molecular formula is C12H16N4. The summed E-state index contributed by atoms with van der Waals surface area (Å²) >= 11 is 0. The Kier molecular flexibility index (Phi) is 2.36. The van der Waals surface area contributed by atoms with Crippen LogP contribution in [-0.2, 0) is 6.42 Å². The first-order valence-corrected chi connectivity index (χ1v) is 5.85. The van der Waals surface area contributed by atoms with Crippen LogP contribution in [0.25, 0.3) is 11.0 Å². The van der Waals surface area contributed by atoms with E-state index in [1.807, 2.05) is 19.4 Å². The van der Waals surface area contributed by atoms with Gasteiger partial charge >= 0.3 is 0 Å². The second-order valence-corrected chi connectivity index (χ2v) is 4.35. The molecule has 0 bridgehead atoms. The fourth-order valence-electron chi connectivity index (χ4n) is 2.15. The van der Waals surface area contributed by atoms with Gasteiger partial charge in [-0.15, -0.1) is 0 Å². The van der Waals surface area contributed by atoms with Gasteiger partial charge in [-0.3, -0.25) is 4.98 Å². The lowest BCUT2D eigenvalue weighted by Crippen LogP contribution is -2.13. The maximum absolute atomic E-state index is 4.67. The summed E-state index contributed by atoms with van der Waals surface area (Å²) in [6.45, 7) is 0.976. The first-order chi connectivity index (χ1) is 7.90. The first kappa shape index (κ1) is 9.78. The van der Waals surface area contributed by atoms with E-state index in [-0.39, 0.29) is 0 Å². The van der Waals surface area contributed by atoms with Crippen LogP contribution in [0.2, 0.25) is 0 Å². The number of imidazole rings is 1. The monoisotopic (exact) mass is 216 g/mol. The zero-order valence-corrected chi connectivity index (χ0v) is 9.48. The molecule has 0 spiro atoms. The molecule has 1 N–H and O–H groups in total. The normalized spacial score (nSPS) is 15.8. The van der Waals surface area contributed by atoms with Gasteiger partial charge in [-0.1, -0.05) is 0 Å². The van der Waals surface area contributed by atoms with E-state index in [0.29, 0.717) is 6.04 Å². The Morgan fingerprint density at radius 1 is 1.50 bits per heavy atom. The molecule has 2 aromatic rings. The Hall–Kier alpha value is -1.42. The predicted octanol–water partition coefficient (Wildman–Crippen LogP) is 1.53. The van der Waals surface area contributed by atoms with Crippen molar-refractivity contribution in [1.29, 1.82) is 0 Å². The molecule has 1 fully saturated rings. The van der Waals surface area contributed by atoms with Crippen molar-refractivity contribution in [1.82, 2.24) is 19.9 Å². The van der Waals surface area contributed by atoms with Gasteiger partial charge in [0.1, 0.15) is 11.3 Å². The van der Waals surface area contributed by atoms with E-state index >= 15 is 0 Å². The lowest BCUT2D eigenvalue weighted by atomic mass is 10.4. The van der Waals surface area contributed by atoms with Crippen molar-refractivity contribution in [2.24, 2.45) is 0 Å². The van der Waals surface area contributed by atoms with Crippen molar-refractivity contribution in [3.8, 4) is 0 Å². The molecule has 2 heterocycles. The quantitative estimate of drug-likeness (QED) is 0.842. The number of nitrogens with one attached hydrogen (secondary N) is 1. The highest BCUT2D eigenvalue weighted by Gasteiger charge is 2.27. The SMILES string of the molecule is CNCCc1nc2cnccc2n1C1CC1. The molecule has 4 nitrogen and oxygen atoms in total. The molecule has 0 saturated heterocycles. The summed E-state index contributed by atoms with van der Waals surface area (Å²) in [7, 11) is 1.98. The fraction of sp³-hybridized carbons (Fsp3) is 0.500. The number of hydrogen-bond acceptors (Lipinski definition) is 3. The number of hydrogen-bond donors (Lipinski definition) is 1. The molecule has 0 unspecified atom stereocenters. The highest BCUT2D eigenvalue weighted by Crippen LogP contribution is 2.38. The van der Waals surface area contributed by atoms with Crippen LogP contribution >= 0.6 is 0 Å². The molecule has 0 atom stereocenters. The van der Waals surface area contributed by atoms with E-state index in [4.69, 9.17) is 0 Å². The minimum Gasteiger partial charge on any atom is -0.325 e. The molecular weight excluding hydrogens is 200 g/mol. The molecule has 16 heavy (non-hydrogen) atoms. The Labute approximate surface area is 94.7 Å². The molecule has 84 valence electrons. The second kappa shape index (κ2) is 3.87. The number of nitrogens with zero attached hydrogens (tertiary/aromatic N) is 3. The van der Waals surface area contributed by atoms with Gasteiger partial charge in [0, 0.05) is 25.2 Å². The Balaban J connectivity index is 2.07. The van der Waals surface area contributed by atoms with Crippen LogP contribution in [0.1, 0.15) is 24.7 Å². The van der Waals surface area contributed by atoms with E-state index in [2.05, 4.69) is 25.9 Å².